The molecule has 0 spiro atoms. The Morgan fingerprint density at radius 3 is 2.68 bits per heavy atom. The van der Waals surface area contributed by atoms with E-state index < -0.39 is 0 Å². The summed E-state index contributed by atoms with van der Waals surface area (Å²) in [6.07, 6.45) is 0. The summed E-state index contributed by atoms with van der Waals surface area (Å²) in [5.74, 6) is 0.517. The first-order valence-electron chi connectivity index (χ1n) is 5.96. The van der Waals surface area contributed by atoms with Crippen molar-refractivity contribution in [1.82, 2.24) is 0 Å². The highest BCUT2D eigenvalue weighted by atomic mass is 79.9. The van der Waals surface area contributed by atoms with Gasteiger partial charge in [-0.2, -0.15) is 0 Å². The van der Waals surface area contributed by atoms with Crippen molar-refractivity contribution >= 4 is 21.6 Å². The van der Waals surface area contributed by atoms with Crippen molar-refractivity contribution in [2.24, 2.45) is 0 Å². The highest BCUT2D eigenvalue weighted by Crippen LogP contribution is 2.29. The average Bonchev–Trinajstić information content (AvgIpc) is 2.42. The van der Waals surface area contributed by atoms with Crippen LogP contribution in [0.15, 0.2) is 46.9 Å². The third-order valence-corrected chi connectivity index (χ3v) is 3.40. The number of anilines is 1. The molecule has 0 radical (unpaired) electrons. The fraction of sp³-hybridized carbons (Fsp3) is 0.200. The van der Waals surface area contributed by atoms with Gasteiger partial charge in [-0.3, -0.25) is 0 Å². The average molecular weight is 324 g/mol. The van der Waals surface area contributed by atoms with Crippen LogP contribution in [0, 0.1) is 5.82 Å². The third kappa shape index (κ3) is 3.26. The van der Waals surface area contributed by atoms with Crippen molar-refractivity contribution in [3.63, 3.8) is 0 Å². The lowest BCUT2D eigenvalue weighted by Gasteiger charge is -2.18. The molecule has 4 heteroatoms. The van der Waals surface area contributed by atoms with Crippen molar-refractivity contribution in [1.29, 1.82) is 0 Å². The zero-order valence-corrected chi connectivity index (χ0v) is 12.4. The molecule has 1 atom stereocenters. The SMILES string of the molecule is COc1ccccc1NC(C)c1cc(Br)ccc1F. The Labute approximate surface area is 120 Å². The predicted molar refractivity (Wildman–Crippen MR) is 79.1 cm³/mol. The van der Waals surface area contributed by atoms with Crippen molar-refractivity contribution < 1.29 is 9.13 Å². The molecule has 2 rings (SSSR count). The quantitative estimate of drug-likeness (QED) is 0.875. The van der Waals surface area contributed by atoms with Crippen LogP contribution in [0.4, 0.5) is 10.1 Å². The van der Waals surface area contributed by atoms with Gasteiger partial charge in [-0.1, -0.05) is 28.1 Å². The molecule has 0 amide bonds. The number of halogens is 2. The Morgan fingerprint density at radius 1 is 1.21 bits per heavy atom. The van der Waals surface area contributed by atoms with E-state index >= 15 is 0 Å². The van der Waals surface area contributed by atoms with E-state index in [2.05, 4.69) is 21.2 Å². The van der Waals surface area contributed by atoms with Gasteiger partial charge in [0.2, 0.25) is 0 Å². The van der Waals surface area contributed by atoms with E-state index in [0.29, 0.717) is 5.56 Å². The minimum atomic E-state index is -0.224. The molecule has 0 fully saturated rings. The molecule has 0 aliphatic heterocycles. The van der Waals surface area contributed by atoms with E-state index in [9.17, 15) is 4.39 Å². The van der Waals surface area contributed by atoms with Gasteiger partial charge < -0.3 is 10.1 Å². The summed E-state index contributed by atoms with van der Waals surface area (Å²) in [5, 5.41) is 3.26. The lowest BCUT2D eigenvalue weighted by atomic mass is 10.1. The molecule has 2 aromatic carbocycles. The van der Waals surface area contributed by atoms with Gasteiger partial charge >= 0.3 is 0 Å². The maximum atomic E-state index is 13.8. The van der Waals surface area contributed by atoms with Gasteiger partial charge in [0.15, 0.2) is 0 Å². The van der Waals surface area contributed by atoms with Crippen LogP contribution in [-0.4, -0.2) is 7.11 Å². The molecule has 0 aliphatic carbocycles. The Bertz CT molecular complexity index is 574. The van der Waals surface area contributed by atoms with Gasteiger partial charge in [-0.15, -0.1) is 0 Å². The number of hydrogen-bond donors (Lipinski definition) is 1. The molecular weight excluding hydrogens is 309 g/mol. The first kappa shape index (κ1) is 13.9. The molecule has 0 saturated carbocycles. The summed E-state index contributed by atoms with van der Waals surface area (Å²) in [4.78, 5) is 0. The lowest BCUT2D eigenvalue weighted by molar-refractivity contribution is 0.416. The molecule has 1 unspecified atom stereocenters. The largest absolute Gasteiger partial charge is 0.495 e. The fourth-order valence-corrected chi connectivity index (χ4v) is 2.30. The maximum Gasteiger partial charge on any atom is 0.141 e. The molecule has 0 heterocycles. The third-order valence-electron chi connectivity index (χ3n) is 2.90. The number of para-hydroxylation sites is 2. The van der Waals surface area contributed by atoms with Crippen LogP contribution in [0.2, 0.25) is 0 Å². The van der Waals surface area contributed by atoms with Crippen molar-refractivity contribution in [3.05, 3.63) is 58.3 Å². The minimum absolute atomic E-state index is 0.159. The van der Waals surface area contributed by atoms with E-state index in [4.69, 9.17) is 4.74 Å². The monoisotopic (exact) mass is 323 g/mol. The van der Waals surface area contributed by atoms with Gasteiger partial charge in [-0.25, -0.2) is 4.39 Å². The molecule has 19 heavy (non-hydrogen) atoms. The number of nitrogens with one attached hydrogen (secondary N) is 1. The molecule has 0 saturated heterocycles. The van der Waals surface area contributed by atoms with E-state index in [1.165, 1.54) is 6.07 Å². The molecule has 100 valence electrons. The summed E-state index contributed by atoms with van der Waals surface area (Å²) in [5.41, 5.74) is 1.46. The number of rotatable bonds is 4. The summed E-state index contributed by atoms with van der Waals surface area (Å²) < 4.78 is 19.9. The van der Waals surface area contributed by atoms with E-state index in [0.717, 1.165) is 15.9 Å². The zero-order valence-electron chi connectivity index (χ0n) is 10.8. The number of methoxy groups -OCH3 is 1. The summed E-state index contributed by atoms with van der Waals surface area (Å²) in [6.45, 7) is 1.91. The number of hydrogen-bond acceptors (Lipinski definition) is 2. The Morgan fingerprint density at radius 2 is 1.95 bits per heavy atom. The van der Waals surface area contributed by atoms with Crippen LogP contribution in [0.1, 0.15) is 18.5 Å². The first-order chi connectivity index (χ1) is 9.11. The molecule has 2 nitrogen and oxygen atoms in total. The number of benzene rings is 2. The second-order valence-corrected chi connectivity index (χ2v) is 5.15. The molecule has 0 aromatic heterocycles. The highest BCUT2D eigenvalue weighted by Gasteiger charge is 2.13. The second-order valence-electron chi connectivity index (χ2n) is 4.23. The maximum absolute atomic E-state index is 13.8. The van der Waals surface area contributed by atoms with Gasteiger partial charge in [-0.05, 0) is 37.3 Å². The highest BCUT2D eigenvalue weighted by molar-refractivity contribution is 9.10. The van der Waals surface area contributed by atoms with Crippen LogP contribution in [-0.2, 0) is 0 Å². The van der Waals surface area contributed by atoms with Crippen molar-refractivity contribution in [2.45, 2.75) is 13.0 Å². The van der Waals surface area contributed by atoms with Crippen LogP contribution < -0.4 is 10.1 Å². The summed E-state index contributed by atoms with van der Waals surface area (Å²) >= 11 is 3.36. The van der Waals surface area contributed by atoms with Gasteiger partial charge in [0.1, 0.15) is 11.6 Å². The normalized spacial score (nSPS) is 12.0. The predicted octanol–water partition coefficient (Wildman–Crippen LogP) is 4.77. The Kier molecular flexibility index (Phi) is 4.43. The van der Waals surface area contributed by atoms with Crippen LogP contribution in [0.25, 0.3) is 0 Å². The minimum Gasteiger partial charge on any atom is -0.495 e. The summed E-state index contributed by atoms with van der Waals surface area (Å²) in [6, 6.07) is 12.4. The fourth-order valence-electron chi connectivity index (χ4n) is 1.92. The van der Waals surface area contributed by atoms with E-state index in [1.807, 2.05) is 31.2 Å². The zero-order chi connectivity index (χ0) is 13.8. The smallest absolute Gasteiger partial charge is 0.141 e. The topological polar surface area (TPSA) is 21.3 Å². The number of ether oxygens (including phenoxy) is 1. The van der Waals surface area contributed by atoms with E-state index in [-0.39, 0.29) is 11.9 Å². The van der Waals surface area contributed by atoms with Crippen LogP contribution in [0.3, 0.4) is 0 Å². The Hall–Kier alpha value is -1.55. The molecular formula is C15H15BrFNO. The molecule has 0 bridgehead atoms. The standard InChI is InChI=1S/C15H15BrFNO/c1-10(12-9-11(16)7-8-13(12)17)18-14-5-3-4-6-15(14)19-2/h3-10,18H,1-2H3. The second kappa shape index (κ2) is 6.06. The molecule has 0 aliphatic rings. The van der Waals surface area contributed by atoms with Crippen LogP contribution >= 0.6 is 15.9 Å². The molecule has 1 N–H and O–H groups in total. The van der Waals surface area contributed by atoms with Crippen molar-refractivity contribution in [2.75, 3.05) is 12.4 Å². The van der Waals surface area contributed by atoms with Gasteiger partial charge in [0.25, 0.3) is 0 Å². The Balaban J connectivity index is 2.25. The van der Waals surface area contributed by atoms with Gasteiger partial charge in [0, 0.05) is 10.0 Å². The van der Waals surface area contributed by atoms with Crippen molar-refractivity contribution in [3.8, 4) is 5.75 Å². The summed E-state index contributed by atoms with van der Waals surface area (Å²) in [7, 11) is 1.62. The van der Waals surface area contributed by atoms with E-state index in [1.54, 1.807) is 19.2 Å². The molecule has 2 aromatic rings. The van der Waals surface area contributed by atoms with Gasteiger partial charge in [0.05, 0.1) is 18.8 Å². The first-order valence-corrected chi connectivity index (χ1v) is 6.75. The van der Waals surface area contributed by atoms with Crippen LogP contribution in [0.5, 0.6) is 5.75 Å². The lowest BCUT2D eigenvalue weighted by Crippen LogP contribution is -2.09.